The lowest BCUT2D eigenvalue weighted by Crippen LogP contribution is -2.43. The first-order chi connectivity index (χ1) is 8.40. The highest BCUT2D eigenvalue weighted by Gasteiger charge is 2.32. The number of benzene rings is 1. The number of hydrogen-bond donors (Lipinski definition) is 0. The molecule has 0 radical (unpaired) electrons. The van der Waals surface area contributed by atoms with Gasteiger partial charge < -0.3 is 0 Å². The van der Waals surface area contributed by atoms with Crippen LogP contribution in [-0.4, -0.2) is 11.8 Å². The molecule has 1 fully saturated rings. The number of anilines is 1. The maximum Gasteiger partial charge on any atom is 0.234 e. The number of halogens is 2. The number of carbonyl (C=O) groups excluding carboxylic acids is 2. The number of rotatable bonds is 1. The number of hydrogen-bond acceptors (Lipinski definition) is 2. The fraction of sp³-hybridized carbons (Fsp3) is 0.385. The molecule has 5 heteroatoms. The Bertz CT molecular complexity index is 512. The predicted molar refractivity (Wildman–Crippen MR) is 69.7 cm³/mol. The predicted octanol–water partition coefficient (Wildman–Crippen LogP) is 3.19. The molecular weight excluding hydrogens is 301 g/mol. The van der Waals surface area contributed by atoms with E-state index in [0.29, 0.717) is 24.1 Å². The van der Waals surface area contributed by atoms with Crippen LogP contribution in [0.3, 0.4) is 0 Å². The monoisotopic (exact) mass is 313 g/mol. The lowest BCUT2D eigenvalue weighted by atomic mass is 9.96. The van der Waals surface area contributed by atoms with Gasteiger partial charge in [-0.05, 0) is 46.5 Å². The van der Waals surface area contributed by atoms with E-state index in [0.717, 1.165) is 0 Å². The van der Waals surface area contributed by atoms with E-state index in [1.54, 1.807) is 6.92 Å². The normalized spacial score (nSPS) is 17.4. The van der Waals surface area contributed by atoms with Crippen molar-refractivity contribution in [2.75, 3.05) is 4.90 Å². The van der Waals surface area contributed by atoms with Gasteiger partial charge in [0.2, 0.25) is 11.8 Å². The number of aryl methyl sites for hydroxylation is 1. The van der Waals surface area contributed by atoms with Crippen LogP contribution in [0.15, 0.2) is 16.6 Å². The van der Waals surface area contributed by atoms with E-state index in [2.05, 4.69) is 15.9 Å². The van der Waals surface area contributed by atoms with Crippen LogP contribution in [0, 0.1) is 18.7 Å². The van der Waals surface area contributed by atoms with Gasteiger partial charge in [-0.3, -0.25) is 14.5 Å². The second kappa shape index (κ2) is 4.80. The Hall–Kier alpha value is -1.23. The first kappa shape index (κ1) is 13.2. The van der Waals surface area contributed by atoms with Crippen molar-refractivity contribution >= 4 is 33.4 Å². The Morgan fingerprint density at radius 3 is 2.39 bits per heavy atom. The topological polar surface area (TPSA) is 37.4 Å². The average Bonchev–Trinajstić information content (AvgIpc) is 2.24. The summed E-state index contributed by atoms with van der Waals surface area (Å²) in [7, 11) is 0. The third kappa shape index (κ3) is 2.32. The Morgan fingerprint density at radius 2 is 1.83 bits per heavy atom. The van der Waals surface area contributed by atoms with Crippen molar-refractivity contribution in [3.63, 3.8) is 0 Å². The van der Waals surface area contributed by atoms with Crippen LogP contribution in [0.2, 0.25) is 0 Å². The second-order valence-electron chi connectivity index (χ2n) is 4.69. The molecule has 0 aliphatic carbocycles. The van der Waals surface area contributed by atoms with E-state index < -0.39 is 5.82 Å². The lowest BCUT2D eigenvalue weighted by molar-refractivity contribution is -0.130. The van der Waals surface area contributed by atoms with Gasteiger partial charge in [-0.2, -0.15) is 0 Å². The summed E-state index contributed by atoms with van der Waals surface area (Å²) < 4.78 is 13.6. The molecule has 0 spiro atoms. The van der Waals surface area contributed by atoms with Crippen LogP contribution >= 0.6 is 15.9 Å². The minimum atomic E-state index is -0.401. The Balaban J connectivity index is 2.45. The summed E-state index contributed by atoms with van der Waals surface area (Å²) >= 11 is 3.07. The minimum absolute atomic E-state index is 0.0745. The SMILES string of the molecule is Cc1cc(F)c(Br)cc1N1C(=O)CC(C)CC1=O. The fourth-order valence-corrected chi connectivity index (χ4v) is 2.47. The molecule has 18 heavy (non-hydrogen) atoms. The summed E-state index contributed by atoms with van der Waals surface area (Å²) in [5, 5.41) is 0. The molecule has 96 valence electrons. The quantitative estimate of drug-likeness (QED) is 0.747. The van der Waals surface area contributed by atoms with Crippen molar-refractivity contribution in [1.82, 2.24) is 0 Å². The van der Waals surface area contributed by atoms with Gasteiger partial charge in [0.05, 0.1) is 10.2 Å². The molecule has 1 aliphatic heterocycles. The Morgan fingerprint density at radius 1 is 1.28 bits per heavy atom. The van der Waals surface area contributed by atoms with Crippen molar-refractivity contribution in [1.29, 1.82) is 0 Å². The molecule has 0 saturated carbocycles. The van der Waals surface area contributed by atoms with Crippen LogP contribution < -0.4 is 4.90 Å². The molecule has 0 atom stereocenters. The average molecular weight is 314 g/mol. The van der Waals surface area contributed by atoms with Gasteiger partial charge in [0.25, 0.3) is 0 Å². The number of imide groups is 1. The van der Waals surface area contributed by atoms with E-state index in [9.17, 15) is 14.0 Å². The highest BCUT2D eigenvalue weighted by Crippen LogP contribution is 2.31. The first-order valence-corrected chi connectivity index (χ1v) is 6.51. The summed E-state index contributed by atoms with van der Waals surface area (Å²) in [6, 6.07) is 2.80. The third-order valence-corrected chi connectivity index (χ3v) is 3.63. The summed E-state index contributed by atoms with van der Waals surface area (Å²) in [6.07, 6.45) is 0.695. The molecule has 2 amide bonds. The molecule has 0 N–H and O–H groups in total. The van der Waals surface area contributed by atoms with Crippen LogP contribution in [0.1, 0.15) is 25.3 Å². The Labute approximate surface area is 113 Å². The third-order valence-electron chi connectivity index (χ3n) is 3.02. The summed E-state index contributed by atoms with van der Waals surface area (Å²) in [5.41, 5.74) is 1.04. The van der Waals surface area contributed by atoms with Gasteiger partial charge in [0.1, 0.15) is 5.82 Å². The molecule has 1 aromatic carbocycles. The Kier molecular flexibility index (Phi) is 3.52. The zero-order chi connectivity index (χ0) is 13.4. The van der Waals surface area contributed by atoms with Crippen LogP contribution in [0.25, 0.3) is 0 Å². The van der Waals surface area contributed by atoms with Crippen molar-refractivity contribution in [2.24, 2.45) is 5.92 Å². The minimum Gasteiger partial charge on any atom is -0.274 e. The second-order valence-corrected chi connectivity index (χ2v) is 5.54. The molecule has 1 aromatic rings. The molecule has 1 aliphatic rings. The van der Waals surface area contributed by atoms with Gasteiger partial charge in [-0.1, -0.05) is 6.92 Å². The highest BCUT2D eigenvalue weighted by atomic mass is 79.9. The zero-order valence-corrected chi connectivity index (χ0v) is 11.8. The summed E-state index contributed by atoms with van der Waals surface area (Å²) in [4.78, 5) is 25.1. The van der Waals surface area contributed by atoms with Crippen LogP contribution in [-0.2, 0) is 9.59 Å². The van der Waals surface area contributed by atoms with Gasteiger partial charge >= 0.3 is 0 Å². The molecule has 0 unspecified atom stereocenters. The zero-order valence-electron chi connectivity index (χ0n) is 10.2. The van der Waals surface area contributed by atoms with E-state index >= 15 is 0 Å². The van der Waals surface area contributed by atoms with E-state index in [1.807, 2.05) is 6.92 Å². The standard InChI is InChI=1S/C13H13BrFNO2/c1-7-3-12(17)16(13(18)4-7)11-6-9(14)10(15)5-8(11)2/h5-7H,3-4H2,1-2H3. The van der Waals surface area contributed by atoms with Gasteiger partial charge in [-0.25, -0.2) is 4.39 Å². The molecular formula is C13H13BrFNO2. The highest BCUT2D eigenvalue weighted by molar-refractivity contribution is 9.10. The smallest absolute Gasteiger partial charge is 0.234 e. The number of amides is 2. The van der Waals surface area contributed by atoms with Crippen molar-refractivity contribution in [3.8, 4) is 0 Å². The van der Waals surface area contributed by atoms with Gasteiger partial charge in [-0.15, -0.1) is 0 Å². The maximum absolute atomic E-state index is 13.3. The number of carbonyl (C=O) groups is 2. The lowest BCUT2D eigenvalue weighted by Gasteiger charge is -2.29. The van der Waals surface area contributed by atoms with E-state index in [1.165, 1.54) is 17.0 Å². The summed E-state index contributed by atoms with van der Waals surface area (Å²) in [5.74, 6) is -0.771. The molecule has 1 saturated heterocycles. The van der Waals surface area contributed by atoms with E-state index in [4.69, 9.17) is 0 Å². The van der Waals surface area contributed by atoms with Gasteiger partial charge in [0, 0.05) is 12.8 Å². The number of nitrogens with zero attached hydrogens (tertiary/aromatic N) is 1. The molecule has 1 heterocycles. The molecule has 0 aromatic heterocycles. The van der Waals surface area contributed by atoms with Gasteiger partial charge in [0.15, 0.2) is 0 Å². The van der Waals surface area contributed by atoms with Crippen LogP contribution in [0.4, 0.5) is 10.1 Å². The first-order valence-electron chi connectivity index (χ1n) is 5.71. The number of piperidine rings is 1. The molecule has 3 nitrogen and oxygen atoms in total. The molecule has 0 bridgehead atoms. The maximum atomic E-state index is 13.3. The fourth-order valence-electron chi connectivity index (χ4n) is 2.14. The van der Waals surface area contributed by atoms with E-state index in [-0.39, 0.29) is 22.2 Å². The largest absolute Gasteiger partial charge is 0.274 e. The van der Waals surface area contributed by atoms with Crippen molar-refractivity contribution in [3.05, 3.63) is 28.0 Å². The van der Waals surface area contributed by atoms with Crippen molar-refractivity contribution in [2.45, 2.75) is 26.7 Å². The van der Waals surface area contributed by atoms with Crippen molar-refractivity contribution < 1.29 is 14.0 Å². The molecule has 2 rings (SSSR count). The summed E-state index contributed by atoms with van der Waals surface area (Å²) in [6.45, 7) is 3.56. The van der Waals surface area contributed by atoms with Crippen LogP contribution in [0.5, 0.6) is 0 Å².